The second-order valence-electron chi connectivity index (χ2n) is 12.0. The lowest BCUT2D eigenvalue weighted by Gasteiger charge is -2.32. The Bertz CT molecular complexity index is 621. The lowest BCUT2D eigenvalue weighted by molar-refractivity contribution is -0.142. The maximum atomic E-state index is 12.8. The van der Waals surface area contributed by atoms with Gasteiger partial charge in [-0.05, 0) is 55.3 Å². The molecule has 172 valence electrons. The summed E-state index contributed by atoms with van der Waals surface area (Å²) in [5, 5.41) is 0. The Hall–Kier alpha value is -1.39. The van der Waals surface area contributed by atoms with E-state index in [9.17, 15) is 14.4 Å². The molecule has 2 rings (SSSR count). The molecule has 1 heterocycles. The van der Waals surface area contributed by atoms with Gasteiger partial charge in [-0.2, -0.15) is 0 Å². The van der Waals surface area contributed by atoms with Crippen molar-refractivity contribution in [3.05, 3.63) is 0 Å². The van der Waals surface area contributed by atoms with Gasteiger partial charge in [-0.15, -0.1) is 0 Å². The van der Waals surface area contributed by atoms with Crippen LogP contribution in [-0.2, 0) is 14.4 Å². The van der Waals surface area contributed by atoms with Crippen molar-refractivity contribution in [2.75, 3.05) is 20.1 Å². The molecule has 0 aromatic heterocycles. The number of carbonyl (C=O) groups excluding carboxylic acids is 3. The van der Waals surface area contributed by atoms with Crippen LogP contribution in [0.3, 0.4) is 0 Å². The first-order chi connectivity index (χ1) is 13.8. The van der Waals surface area contributed by atoms with Crippen LogP contribution in [0.4, 0.5) is 0 Å². The van der Waals surface area contributed by atoms with Gasteiger partial charge in [-0.1, -0.05) is 48.0 Å². The van der Waals surface area contributed by atoms with Crippen LogP contribution in [0.1, 0.15) is 92.9 Å². The van der Waals surface area contributed by atoms with Crippen molar-refractivity contribution in [3.63, 3.8) is 0 Å². The average molecular weight is 421 g/mol. The van der Waals surface area contributed by atoms with Crippen LogP contribution >= 0.6 is 0 Å². The summed E-state index contributed by atoms with van der Waals surface area (Å²) >= 11 is 0. The second kappa shape index (κ2) is 9.82. The lowest BCUT2D eigenvalue weighted by atomic mass is 9.79. The summed E-state index contributed by atoms with van der Waals surface area (Å²) < 4.78 is 0. The molecule has 3 amide bonds. The highest BCUT2D eigenvalue weighted by Crippen LogP contribution is 2.37. The lowest BCUT2D eigenvalue weighted by Crippen LogP contribution is -2.40. The van der Waals surface area contributed by atoms with E-state index in [1.807, 2.05) is 32.7 Å². The molecule has 0 N–H and O–H groups in total. The third kappa shape index (κ3) is 6.81. The molecule has 1 saturated carbocycles. The summed E-state index contributed by atoms with van der Waals surface area (Å²) in [6, 6.07) is 0. The number of hydrogen-bond acceptors (Lipinski definition) is 3. The smallest absolute Gasteiger partial charge is 0.233 e. The van der Waals surface area contributed by atoms with Crippen molar-refractivity contribution >= 4 is 17.7 Å². The van der Waals surface area contributed by atoms with E-state index in [1.54, 1.807) is 0 Å². The topological polar surface area (TPSA) is 57.7 Å². The summed E-state index contributed by atoms with van der Waals surface area (Å²) in [6.45, 7) is 14.2. The van der Waals surface area contributed by atoms with Gasteiger partial charge >= 0.3 is 0 Å². The minimum Gasteiger partial charge on any atom is -0.346 e. The summed E-state index contributed by atoms with van der Waals surface area (Å²) in [5.41, 5.74) is 0.176. The average Bonchev–Trinajstić information content (AvgIpc) is 2.93. The minimum atomic E-state index is -0.199. The van der Waals surface area contributed by atoms with Gasteiger partial charge in [0.2, 0.25) is 17.7 Å². The number of likely N-dealkylation sites (tertiary alicyclic amines) is 1. The van der Waals surface area contributed by atoms with E-state index in [0.717, 1.165) is 45.1 Å². The van der Waals surface area contributed by atoms with Gasteiger partial charge in [-0.25, -0.2) is 0 Å². The second-order valence-corrected chi connectivity index (χ2v) is 12.0. The van der Waals surface area contributed by atoms with Gasteiger partial charge in [-0.3, -0.25) is 19.3 Å². The fourth-order valence-electron chi connectivity index (χ4n) is 4.83. The van der Waals surface area contributed by atoms with E-state index < -0.39 is 0 Å². The predicted octanol–water partition coefficient (Wildman–Crippen LogP) is 4.89. The number of nitrogens with zero attached hydrogens (tertiary/aromatic N) is 2. The Morgan fingerprint density at radius 2 is 1.60 bits per heavy atom. The number of hydrogen-bond donors (Lipinski definition) is 0. The Kier molecular flexibility index (Phi) is 8.15. The third-order valence-electron chi connectivity index (χ3n) is 6.97. The van der Waals surface area contributed by atoms with Crippen molar-refractivity contribution in [1.29, 1.82) is 0 Å². The minimum absolute atomic E-state index is 0.000639. The molecule has 1 unspecified atom stereocenters. The number of imide groups is 1. The van der Waals surface area contributed by atoms with E-state index in [0.29, 0.717) is 24.3 Å². The van der Waals surface area contributed by atoms with Gasteiger partial charge in [0.15, 0.2) is 0 Å². The third-order valence-corrected chi connectivity index (χ3v) is 6.97. The van der Waals surface area contributed by atoms with E-state index >= 15 is 0 Å². The molecule has 0 aromatic rings. The fourth-order valence-corrected chi connectivity index (χ4v) is 4.83. The van der Waals surface area contributed by atoms with Crippen LogP contribution in [0.2, 0.25) is 0 Å². The molecule has 2 aliphatic rings. The molecule has 2 fully saturated rings. The highest BCUT2D eigenvalue weighted by atomic mass is 16.2. The van der Waals surface area contributed by atoms with E-state index in [2.05, 4.69) is 20.8 Å². The maximum Gasteiger partial charge on any atom is 0.233 e. The van der Waals surface area contributed by atoms with E-state index in [1.165, 1.54) is 11.3 Å². The monoisotopic (exact) mass is 420 g/mol. The first kappa shape index (κ1) is 24.9. The van der Waals surface area contributed by atoms with E-state index in [-0.39, 0.29) is 35.0 Å². The SMILES string of the molecule is CN(CCCCC(C)(C)C)C(=O)C1CCC(CN2C(=O)CC(C(C)(C)C)C2=O)CC1. The molecule has 0 radical (unpaired) electrons. The van der Waals surface area contributed by atoms with Crippen molar-refractivity contribution < 1.29 is 14.4 Å². The Morgan fingerprint density at radius 1 is 1.00 bits per heavy atom. The van der Waals surface area contributed by atoms with Crippen molar-refractivity contribution in [2.24, 2.45) is 28.6 Å². The van der Waals surface area contributed by atoms with Crippen molar-refractivity contribution in [1.82, 2.24) is 9.80 Å². The van der Waals surface area contributed by atoms with Gasteiger partial charge in [0.05, 0.1) is 5.92 Å². The standard InChI is InChI=1S/C25H44N2O3/c1-24(2,3)14-8-9-15-26(7)22(29)19-12-10-18(11-13-19)17-27-21(28)16-20(23(27)30)25(4,5)6/h18-20H,8-17H2,1-7H3. The van der Waals surface area contributed by atoms with Gasteiger partial charge < -0.3 is 4.90 Å². The van der Waals surface area contributed by atoms with Crippen molar-refractivity contribution in [3.8, 4) is 0 Å². The predicted molar refractivity (Wildman–Crippen MR) is 121 cm³/mol. The number of amides is 3. The Balaban J connectivity index is 1.76. The molecule has 0 aromatic carbocycles. The number of carbonyl (C=O) groups is 3. The molecular weight excluding hydrogens is 376 g/mol. The van der Waals surface area contributed by atoms with Gasteiger partial charge in [0, 0.05) is 32.5 Å². The fraction of sp³-hybridized carbons (Fsp3) is 0.880. The summed E-state index contributed by atoms with van der Waals surface area (Å²) in [5.74, 6) is 0.480. The molecule has 5 nitrogen and oxygen atoms in total. The zero-order chi connectivity index (χ0) is 22.7. The first-order valence-corrected chi connectivity index (χ1v) is 11.9. The van der Waals surface area contributed by atoms with Crippen LogP contribution in [-0.4, -0.2) is 47.7 Å². The maximum absolute atomic E-state index is 12.8. The molecule has 5 heteroatoms. The normalized spacial score (nSPS) is 25.7. The summed E-state index contributed by atoms with van der Waals surface area (Å²) in [7, 11) is 1.93. The van der Waals surface area contributed by atoms with Crippen LogP contribution < -0.4 is 0 Å². The molecular formula is C25H44N2O3. The molecule has 0 spiro atoms. The van der Waals surface area contributed by atoms with Crippen LogP contribution in [0.15, 0.2) is 0 Å². The molecule has 1 saturated heterocycles. The van der Waals surface area contributed by atoms with Crippen LogP contribution in [0.5, 0.6) is 0 Å². The van der Waals surface area contributed by atoms with Crippen LogP contribution in [0.25, 0.3) is 0 Å². The molecule has 1 aliphatic heterocycles. The van der Waals surface area contributed by atoms with Gasteiger partial charge in [0.25, 0.3) is 0 Å². The largest absolute Gasteiger partial charge is 0.346 e. The highest BCUT2D eigenvalue weighted by molar-refractivity contribution is 6.03. The zero-order valence-electron chi connectivity index (χ0n) is 20.4. The highest BCUT2D eigenvalue weighted by Gasteiger charge is 2.45. The molecule has 0 bridgehead atoms. The molecule has 1 atom stereocenters. The first-order valence-electron chi connectivity index (χ1n) is 11.9. The number of rotatable bonds is 7. The summed E-state index contributed by atoms with van der Waals surface area (Å²) in [6.07, 6.45) is 7.32. The Labute approximate surface area is 183 Å². The van der Waals surface area contributed by atoms with Gasteiger partial charge in [0.1, 0.15) is 0 Å². The number of unbranched alkanes of at least 4 members (excludes halogenated alkanes) is 1. The van der Waals surface area contributed by atoms with Crippen LogP contribution in [0, 0.1) is 28.6 Å². The molecule has 1 aliphatic carbocycles. The van der Waals surface area contributed by atoms with Crippen molar-refractivity contribution in [2.45, 2.75) is 92.9 Å². The quantitative estimate of drug-likeness (QED) is 0.435. The molecule has 30 heavy (non-hydrogen) atoms. The van der Waals surface area contributed by atoms with E-state index in [4.69, 9.17) is 0 Å². The zero-order valence-corrected chi connectivity index (χ0v) is 20.4. The Morgan fingerprint density at radius 3 is 2.10 bits per heavy atom. The summed E-state index contributed by atoms with van der Waals surface area (Å²) in [4.78, 5) is 41.4.